The summed E-state index contributed by atoms with van der Waals surface area (Å²) in [6.45, 7) is 5.97. The summed E-state index contributed by atoms with van der Waals surface area (Å²) in [6.07, 6.45) is 6.55. The van der Waals surface area contributed by atoms with Crippen LogP contribution in [-0.4, -0.2) is 14.1 Å². The van der Waals surface area contributed by atoms with Crippen molar-refractivity contribution in [2.24, 2.45) is 0 Å². The van der Waals surface area contributed by atoms with Crippen molar-refractivity contribution < 1.29 is 24.4 Å². The Morgan fingerprint density at radius 3 is 2.06 bits per heavy atom. The Bertz CT molecular complexity index is 4020. The van der Waals surface area contributed by atoms with E-state index in [1.54, 1.807) is 29.0 Å². The second-order valence-corrected chi connectivity index (χ2v) is 15.8. The number of ether oxygens (including phenoxy) is 1. The normalized spacial score (nSPS) is 14.1. The van der Waals surface area contributed by atoms with Crippen molar-refractivity contribution in [2.45, 2.75) is 39.5 Å². The third-order valence-corrected chi connectivity index (χ3v) is 12.1. The first kappa shape index (κ1) is 29.4. The summed E-state index contributed by atoms with van der Waals surface area (Å²) in [6, 6.07) is 39.3. The molecule has 0 N–H and O–H groups in total. The molecule has 0 unspecified atom stereocenters. The number of fused-ring (bicyclic) bond motifs is 4. The Morgan fingerprint density at radius 1 is 0.615 bits per heavy atom. The molecule has 8 aromatic carbocycles. The van der Waals surface area contributed by atoms with Gasteiger partial charge in [-0.15, -0.1) is 0 Å². The van der Waals surface area contributed by atoms with Gasteiger partial charge in [-0.05, 0) is 125 Å². The molecule has 0 spiro atoms. The first-order chi connectivity index (χ1) is 36.5. The Kier molecular flexibility index (Phi) is 7.65. The van der Waals surface area contributed by atoms with Gasteiger partial charge in [0.25, 0.3) is 6.33 Å². The number of benzene rings is 8. The molecule has 314 valence electrons. The number of pyridine rings is 1. The molecule has 5 nitrogen and oxygen atoms in total. The van der Waals surface area contributed by atoms with Crippen LogP contribution in [-0.2, 0) is 0 Å². The second kappa shape index (κ2) is 16.9. The number of aryl methyl sites for hydroxylation is 1. The van der Waals surface area contributed by atoms with Gasteiger partial charge in [0.05, 0.1) is 47.1 Å². The van der Waals surface area contributed by atoms with Crippen LogP contribution in [0.3, 0.4) is 0 Å². The number of para-hydroxylation sites is 2. The summed E-state index contributed by atoms with van der Waals surface area (Å²) in [4.78, 5) is 4.89. The van der Waals surface area contributed by atoms with E-state index in [4.69, 9.17) is 23.4 Å². The largest absolute Gasteiger partial charge is 0.458 e. The predicted octanol–water partition coefficient (Wildman–Crippen LogP) is 15.2. The second-order valence-electron chi connectivity index (χ2n) is 15.8. The third-order valence-electron chi connectivity index (χ3n) is 12.1. The standard InChI is InChI=1S/C60H48N4O/c1-4-42(5-2)47-34-35-61-58(37-47)64-55-33-30-46(43-19-9-6-10-20-43)36-54(55)53-32-31-50(39-57(53)64)65-49-26-16-25-48(38-49)62-40-63(59-41(3)18-15-29-56(59)62)60-51(44-21-11-7-12-22-44)27-17-28-52(60)45-23-13-8-14-24-45/h6-39,42H,4-5H2,1-3H3/i7D,8D,11D,12D,13D,14D,21D,22D,23D,24D,42D. The van der Waals surface area contributed by atoms with Gasteiger partial charge in [0.15, 0.2) is 0 Å². The van der Waals surface area contributed by atoms with Crippen molar-refractivity contribution in [3.63, 3.8) is 0 Å². The number of hydrogen-bond donors (Lipinski definition) is 0. The molecule has 0 atom stereocenters. The molecule has 0 aliphatic carbocycles. The van der Waals surface area contributed by atoms with Crippen molar-refractivity contribution in [1.82, 2.24) is 14.1 Å². The molecule has 0 saturated heterocycles. The molecule has 0 aliphatic rings. The quantitative estimate of drug-likeness (QED) is 0.0960. The molecule has 3 aromatic heterocycles. The minimum absolute atomic E-state index is 0.136. The van der Waals surface area contributed by atoms with Crippen LogP contribution < -0.4 is 9.30 Å². The minimum Gasteiger partial charge on any atom is -0.458 e. The van der Waals surface area contributed by atoms with E-state index in [0.29, 0.717) is 46.9 Å². The van der Waals surface area contributed by atoms with E-state index < -0.39 is 66.3 Å². The highest BCUT2D eigenvalue weighted by atomic mass is 16.5. The first-order valence-corrected chi connectivity index (χ1v) is 21.7. The lowest BCUT2D eigenvalue weighted by atomic mass is 9.95. The smallest absolute Gasteiger partial charge is 0.269 e. The fraction of sp³-hybridized carbons (Fsp3) is 0.100. The van der Waals surface area contributed by atoms with Gasteiger partial charge in [-0.1, -0.05) is 153 Å². The van der Waals surface area contributed by atoms with E-state index in [9.17, 15) is 1.37 Å². The topological polar surface area (TPSA) is 35.9 Å². The van der Waals surface area contributed by atoms with E-state index in [-0.39, 0.29) is 27.9 Å². The van der Waals surface area contributed by atoms with E-state index in [1.165, 1.54) is 0 Å². The molecule has 0 aliphatic heterocycles. The first-order valence-electron chi connectivity index (χ1n) is 27.2. The van der Waals surface area contributed by atoms with Crippen LogP contribution in [0.1, 0.15) is 58.8 Å². The molecule has 0 saturated carbocycles. The number of imidazole rings is 1. The van der Waals surface area contributed by atoms with Crippen LogP contribution in [0.25, 0.3) is 83.4 Å². The van der Waals surface area contributed by atoms with Gasteiger partial charge >= 0.3 is 0 Å². The van der Waals surface area contributed by atoms with Gasteiger partial charge < -0.3 is 4.74 Å². The lowest BCUT2D eigenvalue weighted by Gasteiger charge is -2.17. The zero-order valence-electron chi connectivity index (χ0n) is 47.0. The monoisotopic (exact) mass is 851 g/mol. The summed E-state index contributed by atoms with van der Waals surface area (Å²) in [5.41, 5.74) is 7.70. The van der Waals surface area contributed by atoms with E-state index >= 15 is 0 Å². The SMILES string of the molecule is [2H]c1c([2H])c([2H])c(-c2cccc(-c3c([2H])c([2H])c([2H])c([2H])c3[2H])c2-[n+]2[c-]n(-c3cccc(Oc4ccc5c6cc(-c7ccccc7)ccc6n(-c6cc(C([2H])(CC)CC)ccn6)c5c4)c3)c3cccc(C)c32)c([2H])c1[2H]. The molecule has 11 rings (SSSR count). The molecule has 0 bridgehead atoms. The molecular formula is C60H48N4O. The zero-order valence-corrected chi connectivity index (χ0v) is 36.0. The Hall–Kier alpha value is -8.02. The highest BCUT2D eigenvalue weighted by Crippen LogP contribution is 2.39. The van der Waals surface area contributed by atoms with E-state index in [0.717, 1.165) is 44.1 Å². The maximum Gasteiger partial charge on any atom is 0.269 e. The van der Waals surface area contributed by atoms with E-state index in [2.05, 4.69) is 47.3 Å². The van der Waals surface area contributed by atoms with Crippen LogP contribution in [0.15, 0.2) is 206 Å². The van der Waals surface area contributed by atoms with Crippen LogP contribution in [0.4, 0.5) is 0 Å². The van der Waals surface area contributed by atoms with Crippen molar-refractivity contribution in [2.75, 3.05) is 0 Å². The summed E-state index contributed by atoms with van der Waals surface area (Å²) in [5, 5.41) is 2.02. The highest BCUT2D eigenvalue weighted by molar-refractivity contribution is 6.10. The van der Waals surface area contributed by atoms with Gasteiger partial charge in [0.1, 0.15) is 17.3 Å². The molecule has 0 radical (unpaired) electrons. The number of hydrogen-bond acceptors (Lipinski definition) is 2. The molecule has 11 aromatic rings. The average Bonchev–Trinajstić information content (AvgIpc) is 4.10. The Morgan fingerprint density at radius 2 is 1.32 bits per heavy atom. The summed E-state index contributed by atoms with van der Waals surface area (Å²) in [5.74, 6) is 0.943. The zero-order chi connectivity index (χ0) is 53.5. The van der Waals surface area contributed by atoms with Crippen molar-refractivity contribution >= 4 is 32.8 Å². The lowest BCUT2D eigenvalue weighted by molar-refractivity contribution is -0.571. The molecular weight excluding hydrogens is 793 g/mol. The highest BCUT2D eigenvalue weighted by Gasteiger charge is 2.22. The maximum absolute atomic E-state index is 9.30. The van der Waals surface area contributed by atoms with Crippen molar-refractivity contribution in [3.8, 4) is 62.1 Å². The Balaban J connectivity index is 1.08. The van der Waals surface area contributed by atoms with Crippen LogP contribution in [0.5, 0.6) is 11.5 Å². The van der Waals surface area contributed by atoms with Crippen LogP contribution in [0, 0.1) is 13.3 Å². The predicted molar refractivity (Wildman–Crippen MR) is 267 cm³/mol. The molecule has 65 heavy (non-hydrogen) atoms. The van der Waals surface area contributed by atoms with Gasteiger partial charge in [-0.2, -0.15) is 0 Å². The van der Waals surface area contributed by atoms with E-state index in [1.807, 2.05) is 110 Å². The molecule has 5 heteroatoms. The average molecular weight is 852 g/mol. The Labute approximate surface area is 395 Å². The van der Waals surface area contributed by atoms with Crippen LogP contribution >= 0.6 is 0 Å². The van der Waals surface area contributed by atoms with Crippen molar-refractivity contribution in [3.05, 3.63) is 224 Å². The van der Waals surface area contributed by atoms with Crippen LogP contribution in [0.2, 0.25) is 0 Å². The van der Waals surface area contributed by atoms with Gasteiger partial charge in [-0.25, -0.2) is 4.98 Å². The fourth-order valence-corrected chi connectivity index (χ4v) is 9.00. The summed E-state index contributed by atoms with van der Waals surface area (Å²) >= 11 is 0. The maximum atomic E-state index is 9.30. The third kappa shape index (κ3) is 7.25. The summed E-state index contributed by atoms with van der Waals surface area (Å²) < 4.78 is 109. The van der Waals surface area contributed by atoms with Gasteiger partial charge in [-0.3, -0.25) is 13.7 Å². The number of aromatic nitrogens is 4. The number of nitrogens with zero attached hydrogens (tertiary/aromatic N) is 4. The molecule has 0 fully saturated rings. The minimum atomic E-state index is -0.781. The van der Waals surface area contributed by atoms with Gasteiger partial charge in [0, 0.05) is 24.4 Å². The lowest BCUT2D eigenvalue weighted by Crippen LogP contribution is -2.32. The summed E-state index contributed by atoms with van der Waals surface area (Å²) in [7, 11) is 0. The molecule has 3 heterocycles. The molecule has 0 amide bonds. The number of rotatable bonds is 11. The van der Waals surface area contributed by atoms with Crippen molar-refractivity contribution in [1.29, 1.82) is 0 Å². The van der Waals surface area contributed by atoms with Gasteiger partial charge in [0.2, 0.25) is 0 Å². The fourth-order valence-electron chi connectivity index (χ4n) is 9.00.